The normalized spacial score (nSPS) is 10.6. The van der Waals surface area contributed by atoms with E-state index in [1.165, 1.54) is 5.56 Å². The number of aromatic nitrogens is 2. The number of rotatable bonds is 6. The third-order valence-corrected chi connectivity index (χ3v) is 3.44. The maximum atomic E-state index is 4.46. The molecule has 0 aliphatic heterocycles. The number of hydrogen-bond acceptors (Lipinski definition) is 4. The molecule has 1 aromatic heterocycles. The van der Waals surface area contributed by atoms with Crippen LogP contribution in [0.1, 0.15) is 18.2 Å². The highest BCUT2D eigenvalue weighted by Crippen LogP contribution is 2.15. The standard InChI is InChI=1S/C15H19BrN4/c1-3-17-8-14-9-19-15(10-18-14)20(2)11-12-5-4-6-13(16)7-12/h4-7,9-10,17H,3,8,11H2,1-2H3. The van der Waals surface area contributed by atoms with E-state index >= 15 is 0 Å². The van der Waals surface area contributed by atoms with Gasteiger partial charge in [-0.05, 0) is 24.2 Å². The van der Waals surface area contributed by atoms with Crippen LogP contribution < -0.4 is 10.2 Å². The SMILES string of the molecule is CCNCc1cnc(N(C)Cc2cccc(Br)c2)cn1. The largest absolute Gasteiger partial charge is 0.354 e. The van der Waals surface area contributed by atoms with E-state index < -0.39 is 0 Å². The van der Waals surface area contributed by atoms with Crippen LogP contribution in [-0.2, 0) is 13.1 Å². The second-order valence-corrected chi connectivity index (χ2v) is 5.55. The van der Waals surface area contributed by atoms with Gasteiger partial charge in [0, 0.05) is 24.6 Å². The smallest absolute Gasteiger partial charge is 0.147 e. The second kappa shape index (κ2) is 7.36. The van der Waals surface area contributed by atoms with Crippen molar-refractivity contribution in [2.24, 2.45) is 0 Å². The summed E-state index contributed by atoms with van der Waals surface area (Å²) in [7, 11) is 2.02. The average Bonchev–Trinajstić information content (AvgIpc) is 2.45. The van der Waals surface area contributed by atoms with Gasteiger partial charge in [-0.1, -0.05) is 35.0 Å². The number of nitrogens with zero attached hydrogens (tertiary/aromatic N) is 3. The molecule has 0 spiro atoms. The average molecular weight is 335 g/mol. The lowest BCUT2D eigenvalue weighted by Gasteiger charge is -2.18. The Balaban J connectivity index is 2.00. The fraction of sp³-hybridized carbons (Fsp3) is 0.333. The van der Waals surface area contributed by atoms with Crippen molar-refractivity contribution < 1.29 is 0 Å². The fourth-order valence-electron chi connectivity index (χ4n) is 1.88. The molecule has 5 heteroatoms. The number of halogens is 1. The zero-order chi connectivity index (χ0) is 14.4. The first-order chi connectivity index (χ1) is 9.69. The van der Waals surface area contributed by atoms with E-state index in [9.17, 15) is 0 Å². The molecule has 2 aromatic rings. The lowest BCUT2D eigenvalue weighted by Crippen LogP contribution is -2.19. The molecule has 0 radical (unpaired) electrons. The van der Waals surface area contributed by atoms with Crippen molar-refractivity contribution in [3.05, 3.63) is 52.4 Å². The van der Waals surface area contributed by atoms with Crippen molar-refractivity contribution in [2.75, 3.05) is 18.5 Å². The fourth-order valence-corrected chi connectivity index (χ4v) is 2.33. The van der Waals surface area contributed by atoms with Crippen LogP contribution in [0.5, 0.6) is 0 Å². The summed E-state index contributed by atoms with van der Waals surface area (Å²) >= 11 is 3.49. The summed E-state index contributed by atoms with van der Waals surface area (Å²) < 4.78 is 1.09. The molecular weight excluding hydrogens is 316 g/mol. The third kappa shape index (κ3) is 4.28. The summed E-state index contributed by atoms with van der Waals surface area (Å²) in [6, 6.07) is 8.29. The van der Waals surface area contributed by atoms with Crippen LogP contribution in [-0.4, -0.2) is 23.6 Å². The van der Waals surface area contributed by atoms with Gasteiger partial charge in [-0.15, -0.1) is 0 Å². The van der Waals surface area contributed by atoms with E-state index in [2.05, 4.69) is 55.2 Å². The minimum absolute atomic E-state index is 0.763. The monoisotopic (exact) mass is 334 g/mol. The Hall–Kier alpha value is -1.46. The molecule has 2 rings (SSSR count). The molecule has 20 heavy (non-hydrogen) atoms. The summed E-state index contributed by atoms with van der Waals surface area (Å²) in [5, 5.41) is 3.24. The van der Waals surface area contributed by atoms with Gasteiger partial charge in [0.15, 0.2) is 0 Å². The Morgan fingerprint density at radius 2 is 2.10 bits per heavy atom. The van der Waals surface area contributed by atoms with Gasteiger partial charge in [0.2, 0.25) is 0 Å². The molecule has 1 N–H and O–H groups in total. The summed E-state index contributed by atoms with van der Waals surface area (Å²) in [4.78, 5) is 11.0. The van der Waals surface area contributed by atoms with Crippen LogP contribution in [0.2, 0.25) is 0 Å². The first kappa shape index (κ1) is 14.9. The zero-order valence-electron chi connectivity index (χ0n) is 11.8. The molecule has 0 unspecified atom stereocenters. The quantitative estimate of drug-likeness (QED) is 0.881. The predicted octanol–water partition coefficient (Wildman–Crippen LogP) is 2.99. The second-order valence-electron chi connectivity index (χ2n) is 4.63. The Bertz CT molecular complexity index is 542. The maximum Gasteiger partial charge on any atom is 0.147 e. The first-order valence-electron chi connectivity index (χ1n) is 6.66. The van der Waals surface area contributed by atoms with Crippen LogP contribution in [0.25, 0.3) is 0 Å². The molecule has 106 valence electrons. The Morgan fingerprint density at radius 1 is 1.25 bits per heavy atom. The van der Waals surface area contributed by atoms with Crippen molar-refractivity contribution in [2.45, 2.75) is 20.0 Å². The molecule has 1 heterocycles. The summed E-state index contributed by atoms with van der Waals surface area (Å²) in [6.45, 7) is 4.58. The highest BCUT2D eigenvalue weighted by Gasteiger charge is 2.05. The van der Waals surface area contributed by atoms with Crippen molar-refractivity contribution in [1.29, 1.82) is 0 Å². The molecule has 0 atom stereocenters. The summed E-state index contributed by atoms with van der Waals surface area (Å²) in [5.41, 5.74) is 2.20. The van der Waals surface area contributed by atoms with E-state index in [1.54, 1.807) is 0 Å². The van der Waals surface area contributed by atoms with Gasteiger partial charge in [0.25, 0.3) is 0 Å². The third-order valence-electron chi connectivity index (χ3n) is 2.95. The number of nitrogens with one attached hydrogen (secondary N) is 1. The molecule has 0 fully saturated rings. The van der Waals surface area contributed by atoms with Gasteiger partial charge in [-0.2, -0.15) is 0 Å². The van der Waals surface area contributed by atoms with Gasteiger partial charge in [-0.3, -0.25) is 4.98 Å². The van der Waals surface area contributed by atoms with Crippen LogP contribution in [0.15, 0.2) is 41.1 Å². The van der Waals surface area contributed by atoms with Gasteiger partial charge in [0.05, 0.1) is 18.1 Å². The minimum atomic E-state index is 0.763. The van der Waals surface area contributed by atoms with Gasteiger partial charge < -0.3 is 10.2 Å². The molecular formula is C15H19BrN4. The Morgan fingerprint density at radius 3 is 2.75 bits per heavy atom. The van der Waals surface area contributed by atoms with Crippen molar-refractivity contribution >= 4 is 21.7 Å². The van der Waals surface area contributed by atoms with Gasteiger partial charge in [0.1, 0.15) is 5.82 Å². The molecule has 0 aliphatic carbocycles. The predicted molar refractivity (Wildman–Crippen MR) is 85.7 cm³/mol. The minimum Gasteiger partial charge on any atom is -0.354 e. The molecule has 0 bridgehead atoms. The van der Waals surface area contributed by atoms with Gasteiger partial charge in [-0.25, -0.2) is 4.98 Å². The Labute approximate surface area is 128 Å². The highest BCUT2D eigenvalue weighted by atomic mass is 79.9. The number of hydrogen-bond donors (Lipinski definition) is 1. The first-order valence-corrected chi connectivity index (χ1v) is 7.45. The summed E-state index contributed by atoms with van der Waals surface area (Å²) in [6.07, 6.45) is 3.65. The van der Waals surface area contributed by atoms with E-state index in [1.807, 2.05) is 31.6 Å². The van der Waals surface area contributed by atoms with Gasteiger partial charge >= 0.3 is 0 Å². The molecule has 0 saturated carbocycles. The topological polar surface area (TPSA) is 41.1 Å². The lowest BCUT2D eigenvalue weighted by molar-refractivity contribution is 0.706. The van der Waals surface area contributed by atoms with E-state index in [0.717, 1.165) is 35.6 Å². The molecule has 0 amide bonds. The maximum absolute atomic E-state index is 4.46. The van der Waals surface area contributed by atoms with Crippen LogP contribution in [0, 0.1) is 0 Å². The molecule has 0 aliphatic rings. The van der Waals surface area contributed by atoms with Crippen LogP contribution in [0.4, 0.5) is 5.82 Å². The molecule has 0 saturated heterocycles. The van der Waals surface area contributed by atoms with Crippen LogP contribution >= 0.6 is 15.9 Å². The van der Waals surface area contributed by atoms with Crippen molar-refractivity contribution in [3.63, 3.8) is 0 Å². The van der Waals surface area contributed by atoms with Crippen LogP contribution in [0.3, 0.4) is 0 Å². The van der Waals surface area contributed by atoms with Crippen molar-refractivity contribution in [3.8, 4) is 0 Å². The van der Waals surface area contributed by atoms with Crippen molar-refractivity contribution in [1.82, 2.24) is 15.3 Å². The number of anilines is 1. The number of benzene rings is 1. The lowest BCUT2D eigenvalue weighted by atomic mass is 10.2. The zero-order valence-corrected chi connectivity index (χ0v) is 13.4. The molecule has 4 nitrogen and oxygen atoms in total. The van der Waals surface area contributed by atoms with E-state index in [-0.39, 0.29) is 0 Å². The Kier molecular flexibility index (Phi) is 5.49. The van der Waals surface area contributed by atoms with E-state index in [0.29, 0.717) is 0 Å². The summed E-state index contributed by atoms with van der Waals surface area (Å²) in [5.74, 6) is 0.880. The highest BCUT2D eigenvalue weighted by molar-refractivity contribution is 9.10. The molecule has 1 aromatic carbocycles. The van der Waals surface area contributed by atoms with E-state index in [4.69, 9.17) is 0 Å².